The van der Waals surface area contributed by atoms with Gasteiger partial charge in [-0.15, -0.1) is 0 Å². The molecule has 0 aromatic carbocycles. The zero-order valence-electron chi connectivity index (χ0n) is 2.67. The number of rotatable bonds is 0. The Morgan fingerprint density at radius 2 is 2.00 bits per heavy atom. The predicted octanol–water partition coefficient (Wildman–Crippen LogP) is -0.334. The molecule has 0 aromatic heterocycles. The maximum Gasteiger partial charge on any atom is 0.573 e. The molecule has 0 saturated carbocycles. The van der Waals surface area contributed by atoms with Crippen molar-refractivity contribution in [2.45, 2.75) is 0 Å². The average Bonchev–Trinajstić information content (AvgIpc) is 1.36. The minimum Gasteiger partial charge on any atom is -0.355 e. The molecule has 0 spiro atoms. The summed E-state index contributed by atoms with van der Waals surface area (Å²) < 4.78 is 0. The fraction of sp³-hybridized carbons (Fsp3) is 0. The van der Waals surface area contributed by atoms with Crippen LogP contribution in [-0.4, -0.2) is 11.0 Å². The van der Waals surface area contributed by atoms with E-state index in [1.807, 2.05) is 0 Å². The molecule has 0 unspecified atom stereocenters. The van der Waals surface area contributed by atoms with Gasteiger partial charge in [0.05, 0.1) is 0 Å². The standard InChI is InChI=1S/CHN2O3/c2-1(4)3(5)6/h2H. The summed E-state index contributed by atoms with van der Waals surface area (Å²) >= 11 is 0. The van der Waals surface area contributed by atoms with Crippen molar-refractivity contribution >= 4 is 6.03 Å². The van der Waals surface area contributed by atoms with E-state index in [1.165, 1.54) is 0 Å². The van der Waals surface area contributed by atoms with Crippen molar-refractivity contribution in [3.05, 3.63) is 10.1 Å². The van der Waals surface area contributed by atoms with Gasteiger partial charge in [0.15, 0.2) is 0 Å². The van der Waals surface area contributed by atoms with Gasteiger partial charge < -0.3 is 10.1 Å². The SMILES string of the molecule is [NH]C(=O)[N+](=O)[O-]. The molecule has 0 heterocycles. The van der Waals surface area contributed by atoms with Crippen molar-refractivity contribution in [3.63, 3.8) is 0 Å². The Bertz CT molecular complexity index is 74.8. The van der Waals surface area contributed by atoms with Gasteiger partial charge in [0.25, 0.3) is 0 Å². The lowest BCUT2D eigenvalue weighted by molar-refractivity contribution is -0.372. The lowest BCUT2D eigenvalue weighted by atomic mass is 11.2. The van der Waals surface area contributed by atoms with Crippen LogP contribution in [0.1, 0.15) is 0 Å². The van der Waals surface area contributed by atoms with Crippen LogP contribution in [0.3, 0.4) is 0 Å². The van der Waals surface area contributed by atoms with E-state index in [-0.39, 0.29) is 0 Å². The first-order valence-electron chi connectivity index (χ1n) is 1.04. The van der Waals surface area contributed by atoms with Crippen LogP contribution >= 0.6 is 0 Å². The van der Waals surface area contributed by atoms with Crippen LogP contribution in [0.25, 0.3) is 0 Å². The summed E-state index contributed by atoms with van der Waals surface area (Å²) in [5.41, 5.74) is 5.69. The fourth-order valence-electron chi connectivity index (χ4n) is 0. The lowest BCUT2D eigenvalue weighted by Crippen LogP contribution is -2.07. The van der Waals surface area contributed by atoms with Gasteiger partial charge in [0.2, 0.25) is 0 Å². The molecular formula is CHN2O3. The normalized spacial score (nSPS) is 7.33. The summed E-state index contributed by atoms with van der Waals surface area (Å²) in [7, 11) is 0. The van der Waals surface area contributed by atoms with Crippen molar-refractivity contribution in [2.75, 3.05) is 0 Å². The molecule has 0 fully saturated rings. The Labute approximate surface area is 32.9 Å². The molecule has 2 amide bonds. The molecule has 0 aliphatic carbocycles. The minimum absolute atomic E-state index is 1.31. The number of nitrogens with zero attached hydrogens (tertiary/aromatic N) is 1. The van der Waals surface area contributed by atoms with Crippen LogP contribution in [-0.2, 0) is 0 Å². The molecule has 1 radical (unpaired) electrons. The Balaban J connectivity index is 3.57. The summed E-state index contributed by atoms with van der Waals surface area (Å²) in [5.74, 6) is 0. The van der Waals surface area contributed by atoms with Crippen LogP contribution in [0.4, 0.5) is 4.79 Å². The first kappa shape index (κ1) is 4.87. The van der Waals surface area contributed by atoms with E-state index in [0.717, 1.165) is 0 Å². The molecule has 0 saturated heterocycles. The maximum atomic E-state index is 9.11. The summed E-state index contributed by atoms with van der Waals surface area (Å²) in [6.45, 7) is 0. The smallest absolute Gasteiger partial charge is 0.355 e. The first-order valence-corrected chi connectivity index (χ1v) is 1.04. The third kappa shape index (κ3) is 1.22. The highest BCUT2D eigenvalue weighted by molar-refractivity contribution is 5.61. The molecule has 5 heteroatoms. The van der Waals surface area contributed by atoms with E-state index in [1.54, 1.807) is 0 Å². The molecule has 6 heavy (non-hydrogen) atoms. The highest BCUT2D eigenvalue weighted by Gasteiger charge is 2.02. The number of carbonyl (C=O) groups excluding carboxylic acids is 1. The number of carbonyl (C=O) groups is 1. The van der Waals surface area contributed by atoms with Crippen LogP contribution in [0.15, 0.2) is 0 Å². The third-order valence-corrected chi connectivity index (χ3v) is 0.166. The van der Waals surface area contributed by atoms with Gasteiger partial charge in [0, 0.05) is 4.92 Å². The minimum atomic E-state index is -1.77. The largest absolute Gasteiger partial charge is 0.573 e. The molecule has 0 atom stereocenters. The van der Waals surface area contributed by atoms with Crippen molar-refractivity contribution < 1.29 is 9.72 Å². The lowest BCUT2D eigenvalue weighted by Gasteiger charge is -1.76. The zero-order chi connectivity index (χ0) is 5.15. The third-order valence-electron chi connectivity index (χ3n) is 0.166. The zero-order valence-corrected chi connectivity index (χ0v) is 2.67. The van der Waals surface area contributed by atoms with Gasteiger partial charge in [-0.25, -0.2) is 0 Å². The molecule has 0 aliphatic heterocycles. The van der Waals surface area contributed by atoms with Gasteiger partial charge in [0.1, 0.15) is 0 Å². The molecule has 33 valence electrons. The first-order chi connectivity index (χ1) is 2.64. The van der Waals surface area contributed by atoms with Crippen molar-refractivity contribution in [3.8, 4) is 0 Å². The van der Waals surface area contributed by atoms with E-state index in [2.05, 4.69) is 0 Å². The topological polar surface area (TPSA) is 84.0 Å². The van der Waals surface area contributed by atoms with Gasteiger partial charge in [-0.2, -0.15) is 4.79 Å². The van der Waals surface area contributed by atoms with Gasteiger partial charge in [-0.05, 0) is 0 Å². The summed E-state index contributed by atoms with van der Waals surface area (Å²) in [6.07, 6.45) is 0. The monoisotopic (exact) mass is 89.0 g/mol. The van der Waals surface area contributed by atoms with Gasteiger partial charge in [-0.3, -0.25) is 0 Å². The molecule has 5 nitrogen and oxygen atoms in total. The Morgan fingerprint density at radius 1 is 1.83 bits per heavy atom. The second kappa shape index (κ2) is 1.34. The van der Waals surface area contributed by atoms with E-state index < -0.39 is 11.0 Å². The van der Waals surface area contributed by atoms with E-state index >= 15 is 0 Å². The summed E-state index contributed by atoms with van der Waals surface area (Å²) in [4.78, 5) is 16.8. The van der Waals surface area contributed by atoms with Crippen molar-refractivity contribution in [1.29, 1.82) is 0 Å². The highest BCUT2D eigenvalue weighted by Crippen LogP contribution is 1.62. The quantitative estimate of drug-likeness (QED) is 0.300. The average molecular weight is 89.0 g/mol. The number of urea groups is 1. The second-order valence-electron chi connectivity index (χ2n) is 0.562. The van der Waals surface area contributed by atoms with Crippen LogP contribution in [0.5, 0.6) is 0 Å². The van der Waals surface area contributed by atoms with Crippen LogP contribution in [0.2, 0.25) is 0 Å². The number of hydrogen-bond acceptors (Lipinski definition) is 3. The van der Waals surface area contributed by atoms with Crippen LogP contribution < -0.4 is 5.73 Å². The number of nitro groups is 1. The van der Waals surface area contributed by atoms with Crippen molar-refractivity contribution in [1.82, 2.24) is 5.73 Å². The number of hydrogen-bond donors (Lipinski definition) is 0. The van der Waals surface area contributed by atoms with E-state index in [0.29, 0.717) is 0 Å². The van der Waals surface area contributed by atoms with E-state index in [9.17, 15) is 0 Å². The summed E-state index contributed by atoms with van der Waals surface area (Å²) in [6, 6.07) is -1.77. The molecule has 1 N–H and O–H groups in total. The highest BCUT2D eigenvalue weighted by atomic mass is 16.6. The van der Waals surface area contributed by atoms with Gasteiger partial charge >= 0.3 is 6.03 Å². The predicted molar refractivity (Wildman–Crippen MR) is 15.5 cm³/mol. The molecule has 0 rings (SSSR count). The van der Waals surface area contributed by atoms with E-state index in [4.69, 9.17) is 20.6 Å². The van der Waals surface area contributed by atoms with Crippen LogP contribution in [0, 0.1) is 10.1 Å². The molecular weight excluding hydrogens is 88.0 g/mol. The molecule has 0 bridgehead atoms. The Morgan fingerprint density at radius 3 is 2.00 bits per heavy atom. The number of amides is 2. The maximum absolute atomic E-state index is 9.11. The second-order valence-corrected chi connectivity index (χ2v) is 0.562. The fourth-order valence-corrected chi connectivity index (χ4v) is 0. The molecule has 0 aromatic rings. The Hall–Kier alpha value is -1.13. The summed E-state index contributed by atoms with van der Waals surface area (Å²) in [5, 5.41) is 8.97. The van der Waals surface area contributed by atoms with Gasteiger partial charge in [-0.1, -0.05) is 5.73 Å². The molecule has 0 aliphatic rings. The van der Waals surface area contributed by atoms with Crippen molar-refractivity contribution in [2.24, 2.45) is 0 Å². The number of nitrogens with one attached hydrogen (secondary N) is 1. The Kier molecular flexibility index (Phi) is 1.09.